The van der Waals surface area contributed by atoms with Gasteiger partial charge in [0.25, 0.3) is 0 Å². The molecule has 0 radical (unpaired) electrons. The van der Waals surface area contributed by atoms with E-state index in [1.165, 1.54) is 18.2 Å². The van der Waals surface area contributed by atoms with E-state index in [1.807, 2.05) is 12.1 Å². The van der Waals surface area contributed by atoms with Gasteiger partial charge in [0.15, 0.2) is 0 Å². The lowest BCUT2D eigenvalue weighted by molar-refractivity contribution is 0.0693. The van der Waals surface area contributed by atoms with Crippen molar-refractivity contribution in [2.75, 3.05) is 0 Å². The summed E-state index contributed by atoms with van der Waals surface area (Å²) in [4.78, 5) is 12.2. The third kappa shape index (κ3) is 3.17. The number of carboxylic acid groups (broad SMARTS) is 1. The summed E-state index contributed by atoms with van der Waals surface area (Å²) < 4.78 is 0. The molecule has 21 heavy (non-hydrogen) atoms. The summed E-state index contributed by atoms with van der Waals surface area (Å²) in [5.41, 5.74) is 0.553. The second-order valence-corrected chi connectivity index (χ2v) is 5.45. The van der Waals surface area contributed by atoms with E-state index in [4.69, 9.17) is 27.2 Å². The number of carbonyl (C=O) groups is 1. The molecule has 102 valence electrons. The minimum atomic E-state index is -1.04. The average molecular weight is 315 g/mol. The van der Waals surface area contributed by atoms with Crippen molar-refractivity contribution in [2.45, 2.75) is 9.79 Å². The molecule has 0 amide bonds. The van der Waals surface area contributed by atoms with Crippen LogP contribution in [0.3, 0.4) is 0 Å². The normalized spacial score (nSPS) is 9.67. The Kier molecular flexibility index (Phi) is 4.49. The number of nitriles is 2. The maximum atomic E-state index is 11.2. The minimum Gasteiger partial charge on any atom is -0.478 e. The lowest BCUT2D eigenvalue weighted by atomic mass is 10.1. The van der Waals surface area contributed by atoms with Crippen LogP contribution in [0.4, 0.5) is 0 Å². The first-order valence-electron chi connectivity index (χ1n) is 5.70. The molecule has 2 aromatic carbocycles. The van der Waals surface area contributed by atoms with E-state index in [0.29, 0.717) is 14.8 Å². The van der Waals surface area contributed by atoms with Crippen LogP contribution in [0.5, 0.6) is 0 Å². The Labute approximate surface area is 130 Å². The predicted molar refractivity (Wildman–Crippen MR) is 78.4 cm³/mol. The highest BCUT2D eigenvalue weighted by Crippen LogP contribution is 2.36. The van der Waals surface area contributed by atoms with E-state index < -0.39 is 5.97 Å². The number of halogens is 1. The van der Waals surface area contributed by atoms with Crippen molar-refractivity contribution >= 4 is 29.3 Å². The number of hydrogen-bond acceptors (Lipinski definition) is 4. The predicted octanol–water partition coefficient (Wildman–Crippen LogP) is 3.93. The largest absolute Gasteiger partial charge is 0.478 e. The molecule has 0 unspecified atom stereocenters. The van der Waals surface area contributed by atoms with Crippen molar-refractivity contribution in [1.29, 1.82) is 10.5 Å². The van der Waals surface area contributed by atoms with Crippen LogP contribution >= 0.6 is 23.4 Å². The zero-order valence-electron chi connectivity index (χ0n) is 10.5. The summed E-state index contributed by atoms with van der Waals surface area (Å²) in [6, 6.07) is 13.2. The molecule has 0 aliphatic carbocycles. The molecule has 0 saturated heterocycles. The van der Waals surface area contributed by atoms with E-state index in [0.717, 1.165) is 11.8 Å². The summed E-state index contributed by atoms with van der Waals surface area (Å²) >= 11 is 7.23. The van der Waals surface area contributed by atoms with Gasteiger partial charge in [-0.05, 0) is 24.3 Å². The van der Waals surface area contributed by atoms with Crippen LogP contribution in [0.25, 0.3) is 0 Å². The molecule has 0 spiro atoms. The van der Waals surface area contributed by atoms with Crippen molar-refractivity contribution in [3.8, 4) is 12.1 Å². The molecule has 0 heterocycles. The monoisotopic (exact) mass is 314 g/mol. The second kappa shape index (κ2) is 6.32. The summed E-state index contributed by atoms with van der Waals surface area (Å²) in [5.74, 6) is -1.04. The topological polar surface area (TPSA) is 84.9 Å². The van der Waals surface area contributed by atoms with Crippen LogP contribution in [-0.2, 0) is 0 Å². The van der Waals surface area contributed by atoms with Gasteiger partial charge in [-0.15, -0.1) is 0 Å². The molecule has 0 aliphatic heterocycles. The third-order valence-corrected chi connectivity index (χ3v) is 4.21. The Morgan fingerprint density at radius 3 is 2.33 bits per heavy atom. The van der Waals surface area contributed by atoms with E-state index in [9.17, 15) is 4.79 Å². The van der Waals surface area contributed by atoms with Crippen LogP contribution in [0.15, 0.2) is 46.2 Å². The highest BCUT2D eigenvalue weighted by atomic mass is 35.5. The van der Waals surface area contributed by atoms with Gasteiger partial charge in [0.05, 0.1) is 21.7 Å². The fraction of sp³-hybridized carbons (Fsp3) is 0. The quantitative estimate of drug-likeness (QED) is 0.927. The maximum absolute atomic E-state index is 11.2. The number of carboxylic acids is 1. The van der Waals surface area contributed by atoms with Gasteiger partial charge in [-0.1, -0.05) is 35.5 Å². The second-order valence-electron chi connectivity index (χ2n) is 3.96. The lowest BCUT2D eigenvalue weighted by Gasteiger charge is -2.08. The van der Waals surface area contributed by atoms with Gasteiger partial charge in [0.2, 0.25) is 0 Å². The molecular formula is C15H7ClN2O2S. The SMILES string of the molecule is N#Cc1cc(Cl)c(Sc2ccccc2C(=O)O)cc1C#N. The molecule has 0 saturated carbocycles. The van der Waals surface area contributed by atoms with Gasteiger partial charge < -0.3 is 5.11 Å². The molecule has 0 atom stereocenters. The Balaban J connectivity index is 2.49. The third-order valence-electron chi connectivity index (χ3n) is 2.65. The van der Waals surface area contributed by atoms with Gasteiger partial charge in [-0.2, -0.15) is 10.5 Å². The summed E-state index contributed by atoms with van der Waals surface area (Å²) in [5, 5.41) is 27.4. The molecule has 2 rings (SSSR count). The van der Waals surface area contributed by atoms with Crippen LogP contribution in [0, 0.1) is 22.7 Å². The Morgan fingerprint density at radius 2 is 1.71 bits per heavy atom. The number of rotatable bonds is 3. The molecule has 0 bridgehead atoms. The van der Waals surface area contributed by atoms with Crippen molar-refractivity contribution < 1.29 is 9.90 Å². The molecule has 4 nitrogen and oxygen atoms in total. The standard InChI is InChI=1S/C15H7ClN2O2S/c16-12-5-9(7-17)10(8-18)6-14(12)21-13-4-2-1-3-11(13)15(19)20/h1-6H,(H,19,20). The highest BCUT2D eigenvalue weighted by Gasteiger charge is 2.14. The van der Waals surface area contributed by atoms with E-state index in [-0.39, 0.29) is 16.7 Å². The highest BCUT2D eigenvalue weighted by molar-refractivity contribution is 7.99. The average Bonchev–Trinajstić information content (AvgIpc) is 2.49. The maximum Gasteiger partial charge on any atom is 0.336 e. The Hall–Kier alpha value is -2.47. The molecule has 0 aliphatic rings. The van der Waals surface area contributed by atoms with Gasteiger partial charge in [0, 0.05) is 9.79 Å². The van der Waals surface area contributed by atoms with Crippen molar-refractivity contribution in [1.82, 2.24) is 0 Å². The molecule has 0 fully saturated rings. The molecule has 0 aromatic heterocycles. The van der Waals surface area contributed by atoms with Gasteiger partial charge in [-0.25, -0.2) is 4.79 Å². The number of benzene rings is 2. The molecule has 1 N–H and O–H groups in total. The zero-order chi connectivity index (χ0) is 15.4. The van der Waals surface area contributed by atoms with E-state index in [1.54, 1.807) is 18.2 Å². The number of nitrogens with zero attached hydrogens (tertiary/aromatic N) is 2. The fourth-order valence-corrected chi connectivity index (χ4v) is 2.93. The zero-order valence-corrected chi connectivity index (χ0v) is 12.1. The summed E-state index contributed by atoms with van der Waals surface area (Å²) in [7, 11) is 0. The minimum absolute atomic E-state index is 0.154. The number of hydrogen-bond donors (Lipinski definition) is 1. The first-order valence-corrected chi connectivity index (χ1v) is 6.90. The lowest BCUT2D eigenvalue weighted by Crippen LogP contribution is -1.98. The fourth-order valence-electron chi connectivity index (χ4n) is 1.67. The van der Waals surface area contributed by atoms with Gasteiger partial charge in [-0.3, -0.25) is 0 Å². The molecular weight excluding hydrogens is 308 g/mol. The smallest absolute Gasteiger partial charge is 0.336 e. The van der Waals surface area contributed by atoms with Crippen molar-refractivity contribution in [3.63, 3.8) is 0 Å². The van der Waals surface area contributed by atoms with Crippen molar-refractivity contribution in [3.05, 3.63) is 58.1 Å². The summed E-state index contributed by atoms with van der Waals surface area (Å²) in [6.07, 6.45) is 0. The Morgan fingerprint density at radius 1 is 1.10 bits per heavy atom. The number of aromatic carboxylic acids is 1. The Bertz CT molecular complexity index is 806. The van der Waals surface area contributed by atoms with Gasteiger partial charge in [0.1, 0.15) is 12.1 Å². The van der Waals surface area contributed by atoms with Crippen molar-refractivity contribution in [2.24, 2.45) is 0 Å². The van der Waals surface area contributed by atoms with E-state index >= 15 is 0 Å². The van der Waals surface area contributed by atoms with Crippen LogP contribution in [0.2, 0.25) is 5.02 Å². The summed E-state index contributed by atoms with van der Waals surface area (Å²) in [6.45, 7) is 0. The first-order chi connectivity index (χ1) is 10.1. The van der Waals surface area contributed by atoms with Crippen LogP contribution < -0.4 is 0 Å². The molecule has 6 heteroatoms. The van der Waals surface area contributed by atoms with Gasteiger partial charge >= 0.3 is 5.97 Å². The molecule has 2 aromatic rings. The van der Waals surface area contributed by atoms with E-state index in [2.05, 4.69) is 0 Å². The first kappa shape index (κ1) is 14.9. The van der Waals surface area contributed by atoms with Crippen LogP contribution in [0.1, 0.15) is 21.5 Å². The van der Waals surface area contributed by atoms with Crippen LogP contribution in [-0.4, -0.2) is 11.1 Å².